The van der Waals surface area contributed by atoms with Gasteiger partial charge >= 0.3 is 0 Å². The molecule has 0 bridgehead atoms. The lowest BCUT2D eigenvalue weighted by Gasteiger charge is -2.20. The predicted octanol–water partition coefficient (Wildman–Crippen LogP) is 29.1. The lowest BCUT2D eigenvalue weighted by molar-refractivity contribution is 1.08. The lowest BCUT2D eigenvalue weighted by Crippen LogP contribution is -2.01. The van der Waals surface area contributed by atoms with E-state index in [0.29, 0.717) is 34.9 Å². The van der Waals surface area contributed by atoms with Crippen molar-refractivity contribution in [2.75, 3.05) is 0 Å². The molecule has 0 radical (unpaired) electrons. The van der Waals surface area contributed by atoms with Gasteiger partial charge in [-0.1, -0.05) is 334 Å². The molecule has 0 aliphatic heterocycles. The molecule has 0 saturated carbocycles. The van der Waals surface area contributed by atoms with Crippen molar-refractivity contribution in [1.29, 1.82) is 0 Å². The number of rotatable bonds is 13. The van der Waals surface area contributed by atoms with Crippen molar-refractivity contribution in [3.05, 3.63) is 388 Å². The largest absolute Gasteiger partial charge is 0.208 e. The summed E-state index contributed by atoms with van der Waals surface area (Å²) in [6.07, 6.45) is 0. The van der Waals surface area contributed by atoms with Gasteiger partial charge in [-0.2, -0.15) is 0 Å². The van der Waals surface area contributed by atoms with Crippen LogP contribution in [0, 0.1) is 0 Å². The highest BCUT2D eigenvalue weighted by Crippen LogP contribution is 2.50. The number of thiophene rings is 2. The van der Waals surface area contributed by atoms with Gasteiger partial charge in [-0.3, -0.25) is 0 Å². The first-order chi connectivity index (χ1) is 56.5. The Hall–Kier alpha value is -14.5. The first-order valence-electron chi connectivity index (χ1n) is 38.5. The molecule has 8 heteroatoms. The van der Waals surface area contributed by atoms with E-state index in [2.05, 4.69) is 364 Å². The van der Waals surface area contributed by atoms with Crippen LogP contribution in [-0.2, 0) is 0 Å². The number of aromatic nitrogens is 6. The second kappa shape index (κ2) is 27.8. The summed E-state index contributed by atoms with van der Waals surface area (Å²) in [5.74, 6) is 3.71. The fraction of sp³-hybridized carbons (Fsp3) is 0. The molecule has 4 aromatic heterocycles. The summed E-state index contributed by atoms with van der Waals surface area (Å²) >= 11 is 3.57. The summed E-state index contributed by atoms with van der Waals surface area (Å²) in [4.78, 5) is 32.6. The summed E-state index contributed by atoms with van der Waals surface area (Å²) in [6.45, 7) is 0. The summed E-state index contributed by atoms with van der Waals surface area (Å²) in [6, 6.07) is 140. The first-order valence-corrected chi connectivity index (χ1v) is 40.1. The third-order valence-electron chi connectivity index (χ3n) is 22.4. The van der Waals surface area contributed by atoms with E-state index in [9.17, 15) is 0 Å². The van der Waals surface area contributed by atoms with Crippen molar-refractivity contribution >= 4 is 106 Å². The molecule has 22 aromatic rings. The Balaban J connectivity index is 0.653. The van der Waals surface area contributed by atoms with Crippen LogP contribution < -0.4 is 0 Å². The molecule has 0 aliphatic rings. The van der Waals surface area contributed by atoms with Gasteiger partial charge in [0.25, 0.3) is 0 Å². The molecule has 6 nitrogen and oxygen atoms in total. The molecule has 18 aromatic carbocycles. The van der Waals surface area contributed by atoms with Crippen LogP contribution in [0.5, 0.6) is 0 Å². The average molecular weight is 1490 g/mol. The van der Waals surface area contributed by atoms with Gasteiger partial charge in [-0.25, -0.2) is 29.9 Å². The minimum absolute atomic E-state index is 0.603. The van der Waals surface area contributed by atoms with Crippen LogP contribution in [0.3, 0.4) is 0 Å². The van der Waals surface area contributed by atoms with E-state index in [0.717, 1.165) is 120 Å². The molecule has 530 valence electrons. The minimum atomic E-state index is 0.603. The zero-order valence-electron chi connectivity index (χ0n) is 61.5. The van der Waals surface area contributed by atoms with Crippen molar-refractivity contribution in [1.82, 2.24) is 29.9 Å². The summed E-state index contributed by atoms with van der Waals surface area (Å²) < 4.78 is 4.70. The molecule has 0 unspecified atom stereocenters. The lowest BCUT2D eigenvalue weighted by atomic mass is 9.84. The molecule has 114 heavy (non-hydrogen) atoms. The Morgan fingerprint density at radius 3 is 1.00 bits per heavy atom. The maximum Gasteiger partial charge on any atom is 0.165 e. The van der Waals surface area contributed by atoms with Gasteiger partial charge in [0, 0.05) is 73.7 Å². The Morgan fingerprint density at radius 2 is 0.456 bits per heavy atom. The maximum atomic E-state index is 5.63. The van der Waals surface area contributed by atoms with Gasteiger partial charge in [-0.05, 0) is 176 Å². The van der Waals surface area contributed by atoms with Crippen molar-refractivity contribution in [3.63, 3.8) is 0 Å². The van der Waals surface area contributed by atoms with E-state index < -0.39 is 0 Å². The highest BCUT2D eigenvalue weighted by atomic mass is 32.1. The van der Waals surface area contributed by atoms with Crippen LogP contribution in [-0.4, -0.2) is 29.9 Å². The second-order valence-electron chi connectivity index (χ2n) is 29.0. The smallest absolute Gasteiger partial charge is 0.165 e. The average Bonchev–Trinajstić information content (AvgIpc) is 0.803. The standard InChI is InChI=1S/C106H64N6S2/c1-4-29-65(30-5-1)73-39-10-11-40-74(73)75-41-12-13-42-76(75)81-57-59-90(79-45-16-14-43-77(79)81)104-108-102(67-33-8-3-9-34-67)110-106(112-104)94-64-72(63-93-83-48-23-25-56-96(83)114-100(93)94)70-37-26-35-68(61-70)69-36-27-38-71(62-69)97-84-49-18-20-51-86(84)98(87-52-21-19-50-85(87)97)88-58-60-91(80-46-17-15-44-78(80)88)103-107-101(66-31-6-2-7-32-66)109-105(111-103)92-54-28-53-89-82-47-22-24-55-95(82)113-99(89)92/h1-64H. The number of nitrogens with zero attached hydrogens (tertiary/aromatic N) is 6. The van der Waals surface area contributed by atoms with Gasteiger partial charge in [0.15, 0.2) is 34.9 Å². The zero-order chi connectivity index (χ0) is 75.2. The SMILES string of the molecule is c1ccc(-c2nc(-c3ccc(-c4ccccc4-c4ccccc4-c4ccccc4)c4ccccc34)nc(-c3cc(-c4cccc(-c5cccc(-c6c7ccccc7c(-c7ccc(-c8nc(-c9ccccc9)nc(-c9cccc%10c9sc9ccccc9%10)n8)c8ccccc78)c7ccccc67)c5)c4)cc4c3sc3ccccc34)n2)cc1. The highest BCUT2D eigenvalue weighted by molar-refractivity contribution is 7.26. The number of fused-ring (bicyclic) bond motifs is 10. The highest BCUT2D eigenvalue weighted by Gasteiger charge is 2.26. The van der Waals surface area contributed by atoms with E-state index >= 15 is 0 Å². The van der Waals surface area contributed by atoms with Gasteiger partial charge < -0.3 is 0 Å². The van der Waals surface area contributed by atoms with E-state index in [-0.39, 0.29) is 0 Å². The Kier molecular flexibility index (Phi) is 16.2. The van der Waals surface area contributed by atoms with Crippen molar-refractivity contribution in [2.24, 2.45) is 0 Å². The van der Waals surface area contributed by atoms with Gasteiger partial charge in [-0.15, -0.1) is 22.7 Å². The molecule has 0 atom stereocenters. The van der Waals surface area contributed by atoms with E-state index in [1.807, 2.05) is 24.3 Å². The quantitative estimate of drug-likeness (QED) is 0.107. The molecule has 0 fully saturated rings. The van der Waals surface area contributed by atoms with Crippen LogP contribution in [0.1, 0.15) is 0 Å². The third kappa shape index (κ3) is 11.4. The maximum absolute atomic E-state index is 5.63. The van der Waals surface area contributed by atoms with E-state index in [4.69, 9.17) is 29.9 Å². The number of benzene rings is 18. The minimum Gasteiger partial charge on any atom is -0.208 e. The molecular formula is C106H64N6S2. The number of hydrogen-bond donors (Lipinski definition) is 0. The topological polar surface area (TPSA) is 77.3 Å². The van der Waals surface area contributed by atoms with Crippen LogP contribution in [0.15, 0.2) is 388 Å². The fourth-order valence-corrected chi connectivity index (χ4v) is 19.6. The molecular weight excluding hydrogens is 1420 g/mol. The molecule has 0 N–H and O–H groups in total. The van der Waals surface area contributed by atoms with E-state index in [1.165, 1.54) is 74.9 Å². The summed E-state index contributed by atoms with van der Waals surface area (Å²) in [5.41, 5.74) is 21.6. The van der Waals surface area contributed by atoms with Gasteiger partial charge in [0.1, 0.15) is 0 Å². The number of hydrogen-bond acceptors (Lipinski definition) is 8. The normalized spacial score (nSPS) is 11.7. The Morgan fingerprint density at radius 1 is 0.140 bits per heavy atom. The molecule has 0 amide bonds. The second-order valence-corrected chi connectivity index (χ2v) is 31.1. The molecule has 0 spiro atoms. The van der Waals surface area contributed by atoms with Crippen molar-refractivity contribution < 1.29 is 0 Å². The van der Waals surface area contributed by atoms with Crippen LogP contribution in [0.25, 0.3) is 230 Å². The molecule has 0 aliphatic carbocycles. The van der Waals surface area contributed by atoms with Crippen LogP contribution in [0.2, 0.25) is 0 Å². The fourth-order valence-electron chi connectivity index (χ4n) is 17.2. The summed E-state index contributed by atoms with van der Waals surface area (Å²) in [5, 5.41) is 13.8. The molecule has 4 heterocycles. The zero-order valence-corrected chi connectivity index (χ0v) is 63.1. The van der Waals surface area contributed by atoms with Gasteiger partial charge in [0.05, 0.1) is 0 Å². The van der Waals surface area contributed by atoms with Crippen molar-refractivity contribution in [2.45, 2.75) is 0 Å². The van der Waals surface area contributed by atoms with Crippen LogP contribution in [0.4, 0.5) is 0 Å². The first kappa shape index (κ1) is 66.4. The monoisotopic (exact) mass is 1480 g/mol. The summed E-state index contributed by atoms with van der Waals surface area (Å²) in [7, 11) is 0. The predicted molar refractivity (Wildman–Crippen MR) is 480 cm³/mol. The molecule has 0 saturated heterocycles. The van der Waals surface area contributed by atoms with Gasteiger partial charge in [0.2, 0.25) is 0 Å². The Labute approximate surface area is 665 Å². The van der Waals surface area contributed by atoms with Crippen molar-refractivity contribution in [3.8, 4) is 146 Å². The molecule has 22 rings (SSSR count). The van der Waals surface area contributed by atoms with E-state index in [1.54, 1.807) is 22.7 Å². The third-order valence-corrected chi connectivity index (χ3v) is 24.9. The Bertz CT molecular complexity index is 7560. The van der Waals surface area contributed by atoms with Crippen LogP contribution >= 0.6 is 22.7 Å².